The molecule has 0 aliphatic heterocycles. The molecule has 0 atom stereocenters. The lowest BCUT2D eigenvalue weighted by molar-refractivity contribution is 0.0950. The Morgan fingerprint density at radius 3 is 2.57 bits per heavy atom. The van der Waals surface area contributed by atoms with Crippen molar-refractivity contribution in [1.29, 1.82) is 0 Å². The van der Waals surface area contributed by atoms with Gasteiger partial charge >= 0.3 is 11.1 Å². The van der Waals surface area contributed by atoms with E-state index in [0.29, 0.717) is 22.3 Å². The molecule has 0 unspecified atom stereocenters. The number of amides is 1. The minimum atomic E-state index is -0.723. The van der Waals surface area contributed by atoms with Gasteiger partial charge in [0.05, 0.1) is 12.1 Å². The Kier molecular flexibility index (Phi) is 5.21. The van der Waals surface area contributed by atoms with Crippen molar-refractivity contribution >= 4 is 17.1 Å². The van der Waals surface area contributed by atoms with Crippen LogP contribution in [0.4, 0.5) is 4.39 Å². The fourth-order valence-corrected chi connectivity index (χ4v) is 3.11. The maximum Gasteiger partial charge on any atom is 0.318 e. The Balaban J connectivity index is 1.52. The molecule has 2 heterocycles. The van der Waals surface area contributed by atoms with E-state index in [1.165, 1.54) is 10.6 Å². The summed E-state index contributed by atoms with van der Waals surface area (Å²) >= 11 is 0. The standard InChI is InChI=1S/C22H17FN4O3/c23-17-5-2-1-4-16(17)12-25-20(28)15-9-7-14(8-10-15)13-27-19-18(6-3-11-24-19)26-21(29)22(27)30/h1-11H,12-13H2,(H,25,28)(H,26,29). The number of hydrogen-bond acceptors (Lipinski definition) is 4. The molecule has 0 spiro atoms. The highest BCUT2D eigenvalue weighted by atomic mass is 19.1. The Morgan fingerprint density at radius 2 is 1.80 bits per heavy atom. The van der Waals surface area contributed by atoms with Crippen LogP contribution in [0.2, 0.25) is 0 Å². The third kappa shape index (κ3) is 3.88. The summed E-state index contributed by atoms with van der Waals surface area (Å²) in [5, 5.41) is 2.68. The van der Waals surface area contributed by atoms with Crippen LogP contribution in [0.25, 0.3) is 11.2 Å². The van der Waals surface area contributed by atoms with Gasteiger partial charge in [-0.3, -0.25) is 19.0 Å². The fraction of sp³-hybridized carbons (Fsp3) is 0.0909. The van der Waals surface area contributed by atoms with Crippen LogP contribution in [0.3, 0.4) is 0 Å². The molecule has 0 aliphatic carbocycles. The molecular weight excluding hydrogens is 387 g/mol. The molecule has 0 bridgehead atoms. The van der Waals surface area contributed by atoms with Crippen molar-refractivity contribution in [3.8, 4) is 0 Å². The largest absolute Gasteiger partial charge is 0.348 e. The zero-order valence-corrected chi connectivity index (χ0v) is 15.8. The van der Waals surface area contributed by atoms with Gasteiger partial charge in [0.15, 0.2) is 5.65 Å². The topological polar surface area (TPSA) is 96.9 Å². The van der Waals surface area contributed by atoms with Crippen LogP contribution in [0, 0.1) is 5.82 Å². The van der Waals surface area contributed by atoms with E-state index >= 15 is 0 Å². The maximum absolute atomic E-state index is 13.7. The van der Waals surface area contributed by atoms with Gasteiger partial charge in [-0.25, -0.2) is 9.37 Å². The van der Waals surface area contributed by atoms with E-state index in [1.54, 1.807) is 60.8 Å². The number of hydrogen-bond donors (Lipinski definition) is 2. The van der Waals surface area contributed by atoms with Crippen molar-refractivity contribution in [2.24, 2.45) is 0 Å². The Morgan fingerprint density at radius 1 is 1.03 bits per heavy atom. The van der Waals surface area contributed by atoms with Gasteiger partial charge in [-0.15, -0.1) is 0 Å². The molecular formula is C22H17FN4O3. The van der Waals surface area contributed by atoms with Crippen LogP contribution in [-0.2, 0) is 13.1 Å². The lowest BCUT2D eigenvalue weighted by Gasteiger charge is -2.10. The number of H-pyrrole nitrogens is 1. The molecule has 7 nitrogen and oxygen atoms in total. The summed E-state index contributed by atoms with van der Waals surface area (Å²) in [7, 11) is 0. The quantitative estimate of drug-likeness (QED) is 0.499. The molecule has 2 N–H and O–H groups in total. The number of aromatic nitrogens is 3. The first-order valence-corrected chi connectivity index (χ1v) is 9.21. The molecule has 30 heavy (non-hydrogen) atoms. The monoisotopic (exact) mass is 404 g/mol. The normalized spacial score (nSPS) is 10.8. The number of carbonyl (C=O) groups excluding carboxylic acids is 1. The molecule has 2 aromatic heterocycles. The van der Waals surface area contributed by atoms with Crippen LogP contribution in [0.1, 0.15) is 21.5 Å². The van der Waals surface area contributed by atoms with Crippen LogP contribution in [-0.4, -0.2) is 20.4 Å². The number of nitrogens with zero attached hydrogens (tertiary/aromatic N) is 2. The van der Waals surface area contributed by atoms with E-state index in [4.69, 9.17) is 0 Å². The molecule has 0 aliphatic rings. The lowest BCUT2D eigenvalue weighted by Crippen LogP contribution is -2.36. The fourth-order valence-electron chi connectivity index (χ4n) is 3.11. The first-order chi connectivity index (χ1) is 14.5. The second-order valence-electron chi connectivity index (χ2n) is 6.69. The maximum atomic E-state index is 13.7. The number of carbonyl (C=O) groups is 1. The summed E-state index contributed by atoms with van der Waals surface area (Å²) < 4.78 is 15.0. The van der Waals surface area contributed by atoms with Gasteiger partial charge in [0.25, 0.3) is 5.91 Å². The molecule has 0 saturated heterocycles. The molecule has 8 heteroatoms. The van der Waals surface area contributed by atoms with Crippen molar-refractivity contribution in [1.82, 2.24) is 19.9 Å². The SMILES string of the molecule is O=C(NCc1ccccc1F)c1ccc(Cn2c(=O)c(=O)[nH]c3cccnc32)cc1. The van der Waals surface area contributed by atoms with E-state index < -0.39 is 11.1 Å². The predicted molar refractivity (Wildman–Crippen MR) is 110 cm³/mol. The second-order valence-corrected chi connectivity index (χ2v) is 6.69. The predicted octanol–water partition coefficient (Wildman–Crippen LogP) is 2.20. The van der Waals surface area contributed by atoms with Crippen molar-refractivity contribution in [3.05, 3.63) is 110 Å². The van der Waals surface area contributed by atoms with E-state index in [0.717, 1.165) is 5.56 Å². The van der Waals surface area contributed by atoms with Gasteiger partial charge in [0.1, 0.15) is 5.82 Å². The van der Waals surface area contributed by atoms with Crippen molar-refractivity contribution < 1.29 is 9.18 Å². The van der Waals surface area contributed by atoms with Gasteiger partial charge in [0, 0.05) is 23.9 Å². The van der Waals surface area contributed by atoms with Gasteiger partial charge in [-0.1, -0.05) is 30.3 Å². The smallest absolute Gasteiger partial charge is 0.318 e. The minimum Gasteiger partial charge on any atom is -0.348 e. The molecule has 4 rings (SSSR count). The number of pyridine rings is 1. The zero-order chi connectivity index (χ0) is 21.1. The number of benzene rings is 2. The molecule has 150 valence electrons. The zero-order valence-electron chi connectivity index (χ0n) is 15.8. The summed E-state index contributed by atoms with van der Waals surface area (Å²) in [4.78, 5) is 43.2. The summed E-state index contributed by atoms with van der Waals surface area (Å²) in [5.41, 5.74) is 0.930. The van der Waals surface area contributed by atoms with E-state index in [9.17, 15) is 18.8 Å². The van der Waals surface area contributed by atoms with E-state index in [1.807, 2.05) is 0 Å². The summed E-state index contributed by atoms with van der Waals surface area (Å²) in [5.74, 6) is -0.720. The Labute approximate surface area is 169 Å². The third-order valence-corrected chi connectivity index (χ3v) is 4.68. The summed E-state index contributed by atoms with van der Waals surface area (Å²) in [6.45, 7) is 0.209. The van der Waals surface area contributed by atoms with E-state index in [-0.39, 0.29) is 24.8 Å². The second kappa shape index (κ2) is 8.12. The lowest BCUT2D eigenvalue weighted by atomic mass is 10.1. The Hall–Kier alpha value is -4.07. The minimum absolute atomic E-state index is 0.0765. The van der Waals surface area contributed by atoms with Crippen LogP contribution < -0.4 is 16.4 Å². The summed E-state index contributed by atoms with van der Waals surface area (Å²) in [6.07, 6.45) is 1.54. The van der Waals surface area contributed by atoms with Gasteiger partial charge in [0.2, 0.25) is 0 Å². The van der Waals surface area contributed by atoms with Crippen LogP contribution in [0.5, 0.6) is 0 Å². The molecule has 0 radical (unpaired) electrons. The van der Waals surface area contributed by atoms with Crippen LogP contribution in [0.15, 0.2) is 76.4 Å². The molecule has 4 aromatic rings. The summed E-state index contributed by atoms with van der Waals surface area (Å²) in [6, 6.07) is 16.2. The molecule has 0 fully saturated rings. The number of nitrogens with one attached hydrogen (secondary N) is 2. The molecule has 0 saturated carbocycles. The average molecular weight is 404 g/mol. The first-order valence-electron chi connectivity index (χ1n) is 9.21. The molecule has 1 amide bonds. The van der Waals surface area contributed by atoms with Crippen LogP contribution >= 0.6 is 0 Å². The highest BCUT2D eigenvalue weighted by Crippen LogP contribution is 2.10. The van der Waals surface area contributed by atoms with Crippen molar-refractivity contribution in [2.75, 3.05) is 0 Å². The number of fused-ring (bicyclic) bond motifs is 1. The first kappa shape index (κ1) is 19.3. The number of halogens is 1. The van der Waals surface area contributed by atoms with Crippen molar-refractivity contribution in [3.63, 3.8) is 0 Å². The molecule has 2 aromatic carbocycles. The average Bonchev–Trinajstić information content (AvgIpc) is 2.76. The third-order valence-electron chi connectivity index (χ3n) is 4.68. The highest BCUT2D eigenvalue weighted by molar-refractivity contribution is 5.94. The van der Waals surface area contributed by atoms with Gasteiger partial charge in [-0.2, -0.15) is 0 Å². The van der Waals surface area contributed by atoms with Gasteiger partial charge < -0.3 is 10.3 Å². The highest BCUT2D eigenvalue weighted by Gasteiger charge is 2.11. The number of rotatable bonds is 5. The van der Waals surface area contributed by atoms with Crippen molar-refractivity contribution in [2.45, 2.75) is 13.1 Å². The van der Waals surface area contributed by atoms with E-state index in [2.05, 4.69) is 15.3 Å². The number of aromatic amines is 1. The van der Waals surface area contributed by atoms with Gasteiger partial charge in [-0.05, 0) is 35.9 Å². The Bertz CT molecular complexity index is 1340.